The van der Waals surface area contributed by atoms with Gasteiger partial charge in [0.25, 0.3) is 0 Å². The van der Waals surface area contributed by atoms with Gasteiger partial charge in [0.2, 0.25) is 0 Å². The summed E-state index contributed by atoms with van der Waals surface area (Å²) in [6.07, 6.45) is 1.89. The fraction of sp³-hybridized carbons (Fsp3) is 0.160. The van der Waals surface area contributed by atoms with Gasteiger partial charge in [0.15, 0.2) is 4.34 Å². The first kappa shape index (κ1) is 21.9. The summed E-state index contributed by atoms with van der Waals surface area (Å²) in [4.78, 5) is 17.3. The van der Waals surface area contributed by atoms with Gasteiger partial charge in [-0.25, -0.2) is 9.78 Å². The largest absolute Gasteiger partial charge is 0.462 e. The number of ether oxygens (including phenoxy) is 1. The van der Waals surface area contributed by atoms with E-state index in [1.807, 2.05) is 68.5 Å². The smallest absolute Gasteiger partial charge is 0.338 e. The topological polar surface area (TPSA) is 67.9 Å². The number of hydrogen-bond donors (Lipinski definition) is 0. The number of fused-ring (bicyclic) bond motifs is 1. The van der Waals surface area contributed by atoms with Crippen molar-refractivity contribution in [3.63, 3.8) is 0 Å². The lowest BCUT2D eigenvalue weighted by molar-refractivity contribution is 0.0526. The maximum atomic E-state index is 12.1. The minimum absolute atomic E-state index is 0.336. The molecule has 0 aliphatic heterocycles. The molecule has 2 aromatic heterocycles. The lowest BCUT2D eigenvalue weighted by Gasteiger charge is -2.11. The molecule has 0 fully saturated rings. The summed E-state index contributed by atoms with van der Waals surface area (Å²) < 4.78 is 9.15. The molecule has 2 aromatic carbocycles. The Kier molecular flexibility index (Phi) is 6.45. The minimum atomic E-state index is -0.337. The van der Waals surface area contributed by atoms with Gasteiger partial charge in [-0.3, -0.25) is 0 Å². The van der Waals surface area contributed by atoms with Crippen molar-refractivity contribution in [1.82, 2.24) is 9.55 Å². The van der Waals surface area contributed by atoms with E-state index in [1.54, 1.807) is 24.3 Å². The van der Waals surface area contributed by atoms with Crippen LogP contribution in [0.3, 0.4) is 0 Å². The molecule has 0 saturated heterocycles. The lowest BCUT2D eigenvalue weighted by Crippen LogP contribution is -2.06. The lowest BCUT2D eigenvalue weighted by atomic mass is 10.2. The molecule has 0 atom stereocenters. The highest BCUT2D eigenvalue weighted by Gasteiger charge is 2.14. The zero-order chi connectivity index (χ0) is 22.7. The quantitative estimate of drug-likeness (QED) is 0.186. The van der Waals surface area contributed by atoms with Crippen molar-refractivity contribution in [2.24, 2.45) is 0 Å². The zero-order valence-electron chi connectivity index (χ0n) is 18.0. The van der Waals surface area contributed by atoms with E-state index in [9.17, 15) is 10.1 Å². The second-order valence-corrected chi connectivity index (χ2v) is 9.42. The number of thiazole rings is 1. The Morgan fingerprint density at radius 3 is 2.78 bits per heavy atom. The van der Waals surface area contributed by atoms with Crippen LogP contribution in [-0.4, -0.2) is 22.1 Å². The number of nitriles is 1. The van der Waals surface area contributed by atoms with E-state index < -0.39 is 0 Å². The Morgan fingerprint density at radius 2 is 2.03 bits per heavy atom. The molecular weight excluding hydrogens is 438 g/mol. The van der Waals surface area contributed by atoms with Gasteiger partial charge in [0, 0.05) is 17.1 Å². The van der Waals surface area contributed by atoms with E-state index in [2.05, 4.69) is 15.6 Å². The molecule has 2 heterocycles. The van der Waals surface area contributed by atoms with Crippen LogP contribution >= 0.6 is 23.1 Å². The highest BCUT2D eigenvalue weighted by Crippen LogP contribution is 2.35. The molecule has 0 aliphatic rings. The molecule has 0 aliphatic carbocycles. The fourth-order valence-corrected chi connectivity index (χ4v) is 5.50. The van der Waals surface area contributed by atoms with Gasteiger partial charge in [-0.05, 0) is 80.6 Å². The summed E-state index contributed by atoms with van der Waals surface area (Å²) in [6.45, 7) is 6.14. The number of allylic oxidation sites excluding steroid dienone is 1. The number of aromatic nitrogens is 2. The van der Waals surface area contributed by atoms with Crippen molar-refractivity contribution in [2.45, 2.75) is 25.1 Å². The van der Waals surface area contributed by atoms with Crippen molar-refractivity contribution in [2.75, 3.05) is 6.61 Å². The summed E-state index contributed by atoms with van der Waals surface area (Å²) in [6, 6.07) is 19.7. The van der Waals surface area contributed by atoms with Gasteiger partial charge in [0.1, 0.15) is 6.07 Å². The Balaban J connectivity index is 1.66. The third-order valence-electron chi connectivity index (χ3n) is 4.95. The summed E-state index contributed by atoms with van der Waals surface area (Å²) >= 11 is 2.96. The molecular formula is C25H21N3O2S2. The summed E-state index contributed by atoms with van der Waals surface area (Å²) in [7, 11) is 0. The van der Waals surface area contributed by atoms with Gasteiger partial charge in [-0.2, -0.15) is 5.26 Å². The van der Waals surface area contributed by atoms with Gasteiger partial charge in [-0.1, -0.05) is 18.2 Å². The highest BCUT2D eigenvalue weighted by molar-refractivity contribution is 8.05. The van der Waals surface area contributed by atoms with Crippen LogP contribution in [0.1, 0.15) is 34.2 Å². The standard InChI is InChI=1S/C25H21N3O2S2/c1-4-30-24(29)18-8-7-9-20(13-18)28-16(2)12-19(17(28)3)14-21(15-26)31-25-27-22-10-5-6-11-23(22)32-25/h5-14H,4H2,1-3H3. The molecule has 4 aromatic rings. The first-order chi connectivity index (χ1) is 15.5. The minimum Gasteiger partial charge on any atom is -0.462 e. The Bertz CT molecular complexity index is 1340. The molecule has 7 heteroatoms. The third-order valence-corrected chi connectivity index (χ3v) is 6.98. The third kappa shape index (κ3) is 4.47. The number of benzene rings is 2. The van der Waals surface area contributed by atoms with Crippen LogP contribution in [0.2, 0.25) is 0 Å². The van der Waals surface area contributed by atoms with Crippen LogP contribution in [0.5, 0.6) is 0 Å². The number of para-hydroxylation sites is 1. The van der Waals surface area contributed by atoms with Crippen LogP contribution < -0.4 is 0 Å². The fourth-order valence-electron chi connectivity index (χ4n) is 3.53. The molecule has 5 nitrogen and oxygen atoms in total. The zero-order valence-corrected chi connectivity index (χ0v) is 19.6. The number of rotatable bonds is 6. The Hall–Kier alpha value is -3.34. The van der Waals surface area contributed by atoms with E-state index in [1.165, 1.54) is 11.8 Å². The summed E-state index contributed by atoms with van der Waals surface area (Å²) in [5, 5.41) is 9.74. The Morgan fingerprint density at radius 1 is 1.22 bits per heavy atom. The average Bonchev–Trinajstić information content (AvgIpc) is 3.32. The number of hydrogen-bond acceptors (Lipinski definition) is 6. The highest BCUT2D eigenvalue weighted by atomic mass is 32.2. The van der Waals surface area contributed by atoms with E-state index in [-0.39, 0.29) is 5.97 Å². The van der Waals surface area contributed by atoms with Gasteiger partial charge < -0.3 is 9.30 Å². The number of esters is 1. The molecule has 0 radical (unpaired) electrons. The van der Waals surface area contributed by atoms with Gasteiger partial charge in [0.05, 0.1) is 27.3 Å². The molecule has 0 spiro atoms. The maximum Gasteiger partial charge on any atom is 0.338 e. The second-order valence-electron chi connectivity index (χ2n) is 7.10. The molecule has 160 valence electrons. The molecule has 0 amide bonds. The number of nitrogens with zero attached hydrogens (tertiary/aromatic N) is 3. The first-order valence-corrected chi connectivity index (χ1v) is 11.7. The van der Waals surface area contributed by atoms with Crippen molar-refractivity contribution in [3.05, 3.63) is 82.0 Å². The van der Waals surface area contributed by atoms with Crippen LogP contribution in [0.15, 0.2) is 63.8 Å². The van der Waals surface area contributed by atoms with Crippen LogP contribution in [-0.2, 0) is 4.74 Å². The molecule has 32 heavy (non-hydrogen) atoms. The number of aryl methyl sites for hydroxylation is 1. The van der Waals surface area contributed by atoms with Crippen LogP contribution in [0.25, 0.3) is 22.0 Å². The predicted molar refractivity (Wildman–Crippen MR) is 130 cm³/mol. The molecule has 4 rings (SSSR count). The summed E-state index contributed by atoms with van der Waals surface area (Å²) in [5.41, 5.74) is 5.28. The van der Waals surface area contributed by atoms with Crippen LogP contribution in [0.4, 0.5) is 0 Å². The van der Waals surface area contributed by atoms with E-state index in [4.69, 9.17) is 4.74 Å². The average molecular weight is 460 g/mol. The van der Waals surface area contributed by atoms with Crippen molar-refractivity contribution >= 4 is 45.4 Å². The summed E-state index contributed by atoms with van der Waals surface area (Å²) in [5.74, 6) is -0.337. The van der Waals surface area contributed by atoms with E-state index in [0.29, 0.717) is 17.1 Å². The van der Waals surface area contributed by atoms with Crippen molar-refractivity contribution in [3.8, 4) is 11.8 Å². The maximum absolute atomic E-state index is 12.1. The van der Waals surface area contributed by atoms with Crippen molar-refractivity contribution in [1.29, 1.82) is 5.26 Å². The molecule has 0 bridgehead atoms. The first-order valence-electron chi connectivity index (χ1n) is 10.1. The second kappa shape index (κ2) is 9.43. The SMILES string of the molecule is CCOC(=O)c1cccc(-n2c(C)cc(C=C(C#N)Sc3nc4ccccc4s3)c2C)c1. The predicted octanol–water partition coefficient (Wildman–Crippen LogP) is 6.54. The van der Waals surface area contributed by atoms with Crippen LogP contribution in [0, 0.1) is 25.2 Å². The molecule has 0 unspecified atom stereocenters. The molecule has 0 saturated carbocycles. The van der Waals surface area contributed by atoms with Gasteiger partial charge in [-0.15, -0.1) is 11.3 Å². The number of thioether (sulfide) groups is 1. The molecule has 0 N–H and O–H groups in total. The van der Waals surface area contributed by atoms with E-state index >= 15 is 0 Å². The van der Waals surface area contributed by atoms with Crippen molar-refractivity contribution < 1.29 is 9.53 Å². The Labute approximate surface area is 195 Å². The van der Waals surface area contributed by atoms with E-state index in [0.717, 1.165) is 37.2 Å². The van der Waals surface area contributed by atoms with Gasteiger partial charge >= 0.3 is 5.97 Å². The number of carbonyl (C=O) groups is 1. The monoisotopic (exact) mass is 459 g/mol. The number of carbonyl (C=O) groups excluding carboxylic acids is 1. The normalized spacial score (nSPS) is 11.5.